The van der Waals surface area contributed by atoms with Crippen molar-refractivity contribution in [3.8, 4) is 0 Å². The highest BCUT2D eigenvalue weighted by Crippen LogP contribution is 2.39. The smallest absolute Gasteiger partial charge is 0.254 e. The minimum Gasteiger partial charge on any atom is -0.356 e. The quantitative estimate of drug-likeness (QED) is 0.409. The number of amides is 1. The zero-order valence-electron chi connectivity index (χ0n) is 15.5. The number of fused-ring (bicyclic) bond motifs is 3. The standard InChI is InChI=1S/C24H18BrFN2O/c25-17-9-5-16(6-10-17)24(29)28-14-13-20-19-3-1-2-4-21(19)27-22(20)23(28)15-7-11-18(26)12-8-15/h1-12,23,27H,13-14H2/t23-/m1/s1. The van der Waals surface area contributed by atoms with Gasteiger partial charge in [0.25, 0.3) is 5.91 Å². The molecule has 4 aromatic rings. The first kappa shape index (κ1) is 18.1. The second-order valence-corrected chi connectivity index (χ2v) is 8.19. The molecule has 0 aliphatic carbocycles. The van der Waals surface area contributed by atoms with Crippen molar-refractivity contribution in [2.45, 2.75) is 12.5 Å². The number of carbonyl (C=O) groups is 1. The van der Waals surface area contributed by atoms with Crippen molar-refractivity contribution >= 4 is 32.7 Å². The van der Waals surface area contributed by atoms with Crippen molar-refractivity contribution in [1.82, 2.24) is 9.88 Å². The molecule has 1 atom stereocenters. The van der Waals surface area contributed by atoms with Crippen LogP contribution in [-0.2, 0) is 6.42 Å². The highest BCUT2D eigenvalue weighted by Gasteiger charge is 2.34. The van der Waals surface area contributed by atoms with Gasteiger partial charge in [-0.3, -0.25) is 4.79 Å². The molecule has 0 spiro atoms. The number of H-pyrrole nitrogens is 1. The molecule has 3 aromatic carbocycles. The lowest BCUT2D eigenvalue weighted by Gasteiger charge is -2.36. The van der Waals surface area contributed by atoms with Crippen LogP contribution < -0.4 is 0 Å². The van der Waals surface area contributed by atoms with E-state index in [1.807, 2.05) is 41.3 Å². The van der Waals surface area contributed by atoms with Gasteiger partial charge in [-0.15, -0.1) is 0 Å². The molecule has 0 fully saturated rings. The van der Waals surface area contributed by atoms with E-state index >= 15 is 0 Å². The van der Waals surface area contributed by atoms with Crippen LogP contribution in [-0.4, -0.2) is 22.3 Å². The van der Waals surface area contributed by atoms with Gasteiger partial charge < -0.3 is 9.88 Å². The van der Waals surface area contributed by atoms with E-state index in [9.17, 15) is 9.18 Å². The fraction of sp³-hybridized carbons (Fsp3) is 0.125. The number of rotatable bonds is 2. The van der Waals surface area contributed by atoms with Gasteiger partial charge in [0.2, 0.25) is 0 Å². The van der Waals surface area contributed by atoms with Crippen molar-refractivity contribution in [2.24, 2.45) is 0 Å². The number of benzene rings is 3. The second kappa shape index (κ2) is 7.16. The Kier molecular flexibility index (Phi) is 4.47. The highest BCUT2D eigenvalue weighted by molar-refractivity contribution is 9.10. The molecule has 5 rings (SSSR count). The molecule has 0 saturated heterocycles. The summed E-state index contributed by atoms with van der Waals surface area (Å²) in [5, 5.41) is 1.19. The molecule has 3 nitrogen and oxygen atoms in total. The summed E-state index contributed by atoms with van der Waals surface area (Å²) in [6.07, 6.45) is 0.777. The predicted molar refractivity (Wildman–Crippen MR) is 115 cm³/mol. The number of hydrogen-bond acceptors (Lipinski definition) is 1. The predicted octanol–water partition coefficient (Wildman–Crippen LogP) is 5.86. The molecular formula is C24H18BrFN2O. The minimum absolute atomic E-state index is 0.0314. The van der Waals surface area contributed by atoms with Crippen LogP contribution in [0.25, 0.3) is 10.9 Å². The van der Waals surface area contributed by atoms with Gasteiger partial charge in [-0.25, -0.2) is 4.39 Å². The maximum Gasteiger partial charge on any atom is 0.254 e. The van der Waals surface area contributed by atoms with Crippen LogP contribution in [0.3, 0.4) is 0 Å². The van der Waals surface area contributed by atoms with Crippen LogP contribution in [0.5, 0.6) is 0 Å². The molecule has 1 N–H and O–H groups in total. The topological polar surface area (TPSA) is 36.1 Å². The first-order valence-electron chi connectivity index (χ1n) is 9.53. The Labute approximate surface area is 176 Å². The van der Waals surface area contributed by atoms with Crippen molar-refractivity contribution in [1.29, 1.82) is 0 Å². The van der Waals surface area contributed by atoms with Gasteiger partial charge in [0.15, 0.2) is 0 Å². The van der Waals surface area contributed by atoms with E-state index < -0.39 is 0 Å². The van der Waals surface area contributed by atoms with Gasteiger partial charge in [-0.2, -0.15) is 0 Å². The molecule has 1 aliphatic heterocycles. The number of carbonyl (C=O) groups excluding carboxylic acids is 1. The van der Waals surface area contributed by atoms with Gasteiger partial charge in [-0.05, 0) is 60.0 Å². The Balaban J connectivity index is 1.65. The van der Waals surface area contributed by atoms with E-state index in [1.54, 1.807) is 12.1 Å². The minimum atomic E-state index is -0.289. The maximum absolute atomic E-state index is 13.6. The number of nitrogens with zero attached hydrogens (tertiary/aromatic N) is 1. The molecular weight excluding hydrogens is 431 g/mol. The molecule has 5 heteroatoms. The summed E-state index contributed by atoms with van der Waals surface area (Å²) < 4.78 is 14.5. The Hall–Kier alpha value is -2.92. The van der Waals surface area contributed by atoms with Gasteiger partial charge >= 0.3 is 0 Å². The number of para-hydroxylation sites is 1. The number of aromatic nitrogens is 1. The number of halogens is 2. The fourth-order valence-corrected chi connectivity index (χ4v) is 4.47. The zero-order chi connectivity index (χ0) is 20.0. The van der Waals surface area contributed by atoms with Crippen molar-refractivity contribution in [3.05, 3.63) is 105 Å². The van der Waals surface area contributed by atoms with E-state index in [-0.39, 0.29) is 17.8 Å². The summed E-state index contributed by atoms with van der Waals surface area (Å²) in [6, 6.07) is 21.7. The molecule has 29 heavy (non-hydrogen) atoms. The molecule has 2 heterocycles. The van der Waals surface area contributed by atoms with Crippen molar-refractivity contribution in [3.63, 3.8) is 0 Å². The Bertz CT molecular complexity index is 1200. The second-order valence-electron chi connectivity index (χ2n) is 7.27. The summed E-state index contributed by atoms with van der Waals surface area (Å²) in [6.45, 7) is 0.603. The summed E-state index contributed by atoms with van der Waals surface area (Å²) in [7, 11) is 0. The average Bonchev–Trinajstić information content (AvgIpc) is 3.12. The normalized spacial score (nSPS) is 16.1. The van der Waals surface area contributed by atoms with E-state index in [1.165, 1.54) is 23.1 Å². The third kappa shape index (κ3) is 3.15. The van der Waals surface area contributed by atoms with Crippen LogP contribution in [0.2, 0.25) is 0 Å². The third-order valence-electron chi connectivity index (χ3n) is 5.57. The van der Waals surface area contributed by atoms with E-state index in [0.29, 0.717) is 12.1 Å². The third-order valence-corrected chi connectivity index (χ3v) is 6.10. The van der Waals surface area contributed by atoms with Gasteiger partial charge in [0, 0.05) is 33.2 Å². The Morgan fingerprint density at radius 2 is 1.72 bits per heavy atom. The van der Waals surface area contributed by atoms with Crippen LogP contribution in [0.4, 0.5) is 4.39 Å². The fourth-order valence-electron chi connectivity index (χ4n) is 4.21. The first-order chi connectivity index (χ1) is 14.1. The number of hydrogen-bond donors (Lipinski definition) is 1. The van der Waals surface area contributed by atoms with Crippen LogP contribution >= 0.6 is 15.9 Å². The lowest BCUT2D eigenvalue weighted by molar-refractivity contribution is 0.0692. The zero-order valence-corrected chi connectivity index (χ0v) is 17.1. The first-order valence-corrected chi connectivity index (χ1v) is 10.3. The largest absolute Gasteiger partial charge is 0.356 e. The lowest BCUT2D eigenvalue weighted by atomic mass is 9.91. The monoisotopic (exact) mass is 448 g/mol. The molecule has 1 aliphatic rings. The van der Waals surface area contributed by atoms with Gasteiger partial charge in [0.05, 0.1) is 6.04 Å². The van der Waals surface area contributed by atoms with E-state index in [0.717, 1.165) is 27.7 Å². The van der Waals surface area contributed by atoms with Crippen molar-refractivity contribution in [2.75, 3.05) is 6.54 Å². The summed E-state index contributed by atoms with van der Waals surface area (Å²) in [4.78, 5) is 18.8. The summed E-state index contributed by atoms with van der Waals surface area (Å²) in [5.41, 5.74) is 4.83. The molecule has 144 valence electrons. The molecule has 0 radical (unpaired) electrons. The lowest BCUT2D eigenvalue weighted by Crippen LogP contribution is -2.40. The van der Waals surface area contributed by atoms with Crippen LogP contribution in [0, 0.1) is 5.82 Å². The van der Waals surface area contributed by atoms with Gasteiger partial charge in [-0.1, -0.05) is 46.3 Å². The van der Waals surface area contributed by atoms with Crippen LogP contribution in [0.1, 0.15) is 33.2 Å². The maximum atomic E-state index is 13.6. The van der Waals surface area contributed by atoms with Crippen LogP contribution in [0.15, 0.2) is 77.3 Å². The van der Waals surface area contributed by atoms with E-state index in [4.69, 9.17) is 0 Å². The molecule has 1 amide bonds. The number of aromatic amines is 1. The molecule has 0 saturated carbocycles. The number of nitrogens with one attached hydrogen (secondary N) is 1. The van der Waals surface area contributed by atoms with Crippen molar-refractivity contribution < 1.29 is 9.18 Å². The SMILES string of the molecule is O=C(c1ccc(Br)cc1)N1CCc2c([nH]c3ccccc23)[C@H]1c1ccc(F)cc1. The average molecular weight is 449 g/mol. The highest BCUT2D eigenvalue weighted by atomic mass is 79.9. The molecule has 1 aromatic heterocycles. The Morgan fingerprint density at radius 3 is 2.48 bits per heavy atom. The van der Waals surface area contributed by atoms with Gasteiger partial charge in [0.1, 0.15) is 5.82 Å². The Morgan fingerprint density at radius 1 is 1.00 bits per heavy atom. The van der Waals surface area contributed by atoms with E-state index in [2.05, 4.69) is 33.0 Å². The molecule has 0 unspecified atom stereocenters. The molecule has 0 bridgehead atoms. The summed E-state index contributed by atoms with van der Waals surface area (Å²) in [5.74, 6) is -0.316. The summed E-state index contributed by atoms with van der Waals surface area (Å²) >= 11 is 3.42.